The number of rotatable bonds is 7. The Morgan fingerprint density at radius 2 is 1.97 bits per heavy atom. The van der Waals surface area contributed by atoms with Crippen molar-refractivity contribution in [2.24, 2.45) is 0 Å². The van der Waals surface area contributed by atoms with E-state index >= 15 is 0 Å². The van der Waals surface area contributed by atoms with Gasteiger partial charge in [-0.1, -0.05) is 29.8 Å². The Bertz CT molecular complexity index is 1010. The molecule has 1 fully saturated rings. The van der Waals surface area contributed by atoms with Gasteiger partial charge in [0.15, 0.2) is 5.82 Å². The molecule has 0 unspecified atom stereocenters. The van der Waals surface area contributed by atoms with Gasteiger partial charge in [-0.05, 0) is 66.4 Å². The molecule has 7 nitrogen and oxygen atoms in total. The zero-order chi connectivity index (χ0) is 20.4. The molecule has 1 atom stereocenters. The first-order valence-corrected chi connectivity index (χ1v) is 9.85. The molecule has 1 aliphatic rings. The molecule has 150 valence electrons. The van der Waals surface area contributed by atoms with Gasteiger partial charge in [0.25, 0.3) is 5.91 Å². The maximum atomic E-state index is 12.9. The predicted octanol–water partition coefficient (Wildman–Crippen LogP) is 3.28. The minimum absolute atomic E-state index is 0.0888. The molecule has 1 amide bonds. The Labute approximate surface area is 170 Å². The number of amides is 1. The first kappa shape index (κ1) is 19.3. The molecule has 29 heavy (non-hydrogen) atoms. The van der Waals surface area contributed by atoms with E-state index in [2.05, 4.69) is 52.0 Å². The van der Waals surface area contributed by atoms with E-state index in [0.29, 0.717) is 18.1 Å². The van der Waals surface area contributed by atoms with Crippen LogP contribution in [0.3, 0.4) is 0 Å². The summed E-state index contributed by atoms with van der Waals surface area (Å²) in [6, 6.07) is 13.9. The average Bonchev–Trinajstić information content (AvgIpc) is 3.44. The second kappa shape index (κ2) is 8.13. The predicted molar refractivity (Wildman–Crippen MR) is 110 cm³/mol. The molecular formula is C22H25N5O2. The molecule has 1 aliphatic carbocycles. The number of nitrogens with one attached hydrogen (secondary N) is 1. The zero-order valence-corrected chi connectivity index (χ0v) is 16.9. The van der Waals surface area contributed by atoms with Crippen LogP contribution in [-0.2, 0) is 4.74 Å². The van der Waals surface area contributed by atoms with Gasteiger partial charge in [-0.2, -0.15) is 4.68 Å². The van der Waals surface area contributed by atoms with Gasteiger partial charge in [0, 0.05) is 24.6 Å². The topological polar surface area (TPSA) is 81.9 Å². The number of methoxy groups -OCH3 is 1. The van der Waals surface area contributed by atoms with Crippen LogP contribution in [0.4, 0.5) is 0 Å². The number of ether oxygens (including phenoxy) is 1. The third kappa shape index (κ3) is 4.35. The normalized spacial score (nSPS) is 14.6. The lowest BCUT2D eigenvalue weighted by Crippen LogP contribution is -2.35. The van der Waals surface area contributed by atoms with E-state index in [-0.39, 0.29) is 11.9 Å². The molecule has 0 aliphatic heterocycles. The van der Waals surface area contributed by atoms with E-state index in [1.54, 1.807) is 11.8 Å². The van der Waals surface area contributed by atoms with Crippen LogP contribution in [0, 0.1) is 6.92 Å². The van der Waals surface area contributed by atoms with Crippen molar-refractivity contribution < 1.29 is 9.53 Å². The van der Waals surface area contributed by atoms with E-state index in [1.165, 1.54) is 5.56 Å². The largest absolute Gasteiger partial charge is 0.383 e. The first-order valence-electron chi connectivity index (χ1n) is 9.85. The highest BCUT2D eigenvalue weighted by Crippen LogP contribution is 2.39. The molecular weight excluding hydrogens is 366 g/mol. The van der Waals surface area contributed by atoms with E-state index in [9.17, 15) is 4.79 Å². The third-order valence-electron chi connectivity index (χ3n) is 5.04. The standard InChI is InChI=1S/C22H25N5O2/c1-14-4-6-16(7-5-14)18-10-19(22(28)23-15(2)13-29-3)12-20(11-18)27-21(17-8-9-17)24-25-26-27/h4-7,10-12,15,17H,8-9,13H2,1-3H3,(H,23,28)/t15-/m0/s1. The molecule has 1 heterocycles. The smallest absolute Gasteiger partial charge is 0.251 e. The maximum Gasteiger partial charge on any atom is 0.251 e. The Kier molecular flexibility index (Phi) is 5.40. The highest BCUT2D eigenvalue weighted by molar-refractivity contribution is 5.96. The molecule has 7 heteroatoms. The fraction of sp³-hybridized carbons (Fsp3) is 0.364. The molecule has 1 N–H and O–H groups in total. The van der Waals surface area contributed by atoms with Crippen LogP contribution in [0.2, 0.25) is 0 Å². The van der Waals surface area contributed by atoms with Gasteiger partial charge < -0.3 is 10.1 Å². The highest BCUT2D eigenvalue weighted by atomic mass is 16.5. The number of hydrogen-bond acceptors (Lipinski definition) is 5. The van der Waals surface area contributed by atoms with Crippen molar-refractivity contribution in [2.45, 2.75) is 38.6 Å². The maximum absolute atomic E-state index is 12.9. The second-order valence-corrected chi connectivity index (χ2v) is 7.69. The molecule has 0 saturated heterocycles. The molecule has 3 aromatic rings. The van der Waals surface area contributed by atoms with Gasteiger partial charge in [0.2, 0.25) is 0 Å². The summed E-state index contributed by atoms with van der Waals surface area (Å²) in [4.78, 5) is 12.9. The van der Waals surface area contributed by atoms with Gasteiger partial charge in [-0.3, -0.25) is 4.79 Å². The van der Waals surface area contributed by atoms with Crippen LogP contribution in [-0.4, -0.2) is 45.9 Å². The third-order valence-corrected chi connectivity index (χ3v) is 5.04. The van der Waals surface area contributed by atoms with Gasteiger partial charge in [-0.15, -0.1) is 5.10 Å². The fourth-order valence-corrected chi connectivity index (χ4v) is 3.35. The summed E-state index contributed by atoms with van der Waals surface area (Å²) in [6.45, 7) is 4.42. The number of aryl methyl sites for hydroxylation is 1. The van der Waals surface area contributed by atoms with Crippen molar-refractivity contribution in [3.05, 3.63) is 59.4 Å². The summed E-state index contributed by atoms with van der Waals surface area (Å²) in [5.41, 5.74) is 4.53. The summed E-state index contributed by atoms with van der Waals surface area (Å²) in [6.07, 6.45) is 2.19. The number of hydrogen-bond donors (Lipinski definition) is 1. The summed E-state index contributed by atoms with van der Waals surface area (Å²) < 4.78 is 6.89. The molecule has 0 bridgehead atoms. The van der Waals surface area contributed by atoms with E-state index in [4.69, 9.17) is 4.74 Å². The van der Waals surface area contributed by atoms with E-state index in [1.807, 2.05) is 25.1 Å². The Morgan fingerprint density at radius 1 is 1.21 bits per heavy atom. The van der Waals surface area contributed by atoms with Crippen molar-refractivity contribution in [1.29, 1.82) is 0 Å². The minimum atomic E-state index is -0.147. The first-order chi connectivity index (χ1) is 14.0. The summed E-state index contributed by atoms with van der Waals surface area (Å²) in [7, 11) is 1.62. The van der Waals surface area contributed by atoms with E-state index in [0.717, 1.165) is 35.5 Å². The Hall–Kier alpha value is -3.06. The summed E-state index contributed by atoms with van der Waals surface area (Å²) in [5, 5.41) is 15.2. The van der Waals surface area contributed by atoms with Crippen molar-refractivity contribution in [2.75, 3.05) is 13.7 Å². The molecule has 4 rings (SSSR count). The second-order valence-electron chi connectivity index (χ2n) is 7.69. The molecule has 1 aromatic heterocycles. The monoisotopic (exact) mass is 391 g/mol. The summed E-state index contributed by atoms with van der Waals surface area (Å²) >= 11 is 0. The van der Waals surface area contributed by atoms with Gasteiger partial charge in [-0.25, -0.2) is 0 Å². The number of aromatic nitrogens is 4. The van der Waals surface area contributed by atoms with Crippen molar-refractivity contribution in [3.63, 3.8) is 0 Å². The lowest BCUT2D eigenvalue weighted by molar-refractivity contribution is 0.0905. The number of carbonyl (C=O) groups is 1. The zero-order valence-electron chi connectivity index (χ0n) is 16.9. The van der Waals surface area contributed by atoms with Crippen molar-refractivity contribution in [1.82, 2.24) is 25.5 Å². The Balaban J connectivity index is 1.76. The number of nitrogens with zero attached hydrogens (tertiary/aromatic N) is 4. The molecule has 0 spiro atoms. The van der Waals surface area contributed by atoms with Crippen LogP contribution in [0.15, 0.2) is 42.5 Å². The van der Waals surface area contributed by atoms with Gasteiger partial charge >= 0.3 is 0 Å². The summed E-state index contributed by atoms with van der Waals surface area (Å²) in [5.74, 6) is 1.10. The van der Waals surface area contributed by atoms with Gasteiger partial charge in [0.05, 0.1) is 12.3 Å². The Morgan fingerprint density at radius 3 is 2.66 bits per heavy atom. The van der Waals surface area contributed by atoms with Crippen molar-refractivity contribution >= 4 is 5.91 Å². The van der Waals surface area contributed by atoms with E-state index < -0.39 is 0 Å². The highest BCUT2D eigenvalue weighted by Gasteiger charge is 2.30. The molecule has 0 radical (unpaired) electrons. The lowest BCUT2D eigenvalue weighted by Gasteiger charge is -2.15. The van der Waals surface area contributed by atoms with Crippen LogP contribution in [0.5, 0.6) is 0 Å². The van der Waals surface area contributed by atoms with Crippen LogP contribution in [0.1, 0.15) is 47.4 Å². The van der Waals surface area contributed by atoms with Gasteiger partial charge in [0.1, 0.15) is 0 Å². The quantitative estimate of drug-likeness (QED) is 0.668. The van der Waals surface area contributed by atoms with Crippen LogP contribution >= 0.6 is 0 Å². The number of tetrazole rings is 1. The van der Waals surface area contributed by atoms with Crippen molar-refractivity contribution in [3.8, 4) is 16.8 Å². The van der Waals surface area contributed by atoms with Crippen LogP contribution < -0.4 is 5.32 Å². The lowest BCUT2D eigenvalue weighted by atomic mass is 10.0. The average molecular weight is 391 g/mol. The fourth-order valence-electron chi connectivity index (χ4n) is 3.35. The molecule has 1 saturated carbocycles. The van der Waals surface area contributed by atoms with Crippen LogP contribution in [0.25, 0.3) is 16.8 Å². The number of benzene rings is 2. The number of carbonyl (C=O) groups excluding carboxylic acids is 1. The SMILES string of the molecule is COC[C@H](C)NC(=O)c1cc(-c2ccc(C)cc2)cc(-n2nnnc2C2CC2)c1. The molecule has 2 aromatic carbocycles. The minimum Gasteiger partial charge on any atom is -0.383 e.